The van der Waals surface area contributed by atoms with Gasteiger partial charge in [0.25, 0.3) is 11.7 Å². The lowest BCUT2D eigenvalue weighted by molar-refractivity contribution is -0.315. The first-order chi connectivity index (χ1) is 28.2. The van der Waals surface area contributed by atoms with E-state index in [9.17, 15) is 33.6 Å². The number of benzene rings is 2. The van der Waals surface area contributed by atoms with Crippen LogP contribution in [0.5, 0.6) is 0 Å². The van der Waals surface area contributed by atoms with Crippen LogP contribution >= 0.6 is 0 Å². The van der Waals surface area contributed by atoms with Gasteiger partial charge in [-0.1, -0.05) is 60.5 Å². The van der Waals surface area contributed by atoms with Crippen LogP contribution < -0.4 is 10.6 Å². The van der Waals surface area contributed by atoms with E-state index in [1.54, 1.807) is 12.1 Å². The molecule has 3 rings (SSSR count). The number of nitrogens with one attached hydrogen (secondary N) is 2. The van der Waals surface area contributed by atoms with Gasteiger partial charge in [-0.25, -0.2) is 4.79 Å². The van der Waals surface area contributed by atoms with E-state index in [0.717, 1.165) is 45.9 Å². The van der Waals surface area contributed by atoms with Gasteiger partial charge < -0.3 is 53.3 Å². The molecular weight excluding hydrogens is 776 g/mol. The minimum atomic E-state index is -2.42. The largest absolute Gasteiger partial charge is 0.465 e. The Morgan fingerprint density at radius 2 is 1.51 bits per heavy atom. The van der Waals surface area contributed by atoms with E-state index in [1.165, 1.54) is 0 Å². The Labute approximate surface area is 341 Å². The molecule has 1 heterocycles. The second-order valence-electron chi connectivity index (χ2n) is 13.0. The summed E-state index contributed by atoms with van der Waals surface area (Å²) in [7, 11) is 1.04. The summed E-state index contributed by atoms with van der Waals surface area (Å²) in [6.45, 7) is 2.87. The fraction of sp³-hybridized carbons (Fsp3) is 0.488. The third-order valence-corrected chi connectivity index (χ3v) is 8.43. The fourth-order valence-corrected chi connectivity index (χ4v) is 6.11. The lowest BCUT2D eigenvalue weighted by atomic mass is 9.87. The zero-order valence-corrected chi connectivity index (χ0v) is 33.6. The number of methoxy groups -OCH3 is 1. The molecule has 1 aliphatic rings. The molecule has 0 bridgehead atoms. The smallest absolute Gasteiger partial charge is 0.366 e. The first-order valence-corrected chi connectivity index (χ1v) is 18.5. The summed E-state index contributed by atoms with van der Waals surface area (Å²) in [5, 5.41) is 5.24. The van der Waals surface area contributed by atoms with Gasteiger partial charge in [-0.3, -0.25) is 28.8 Å². The van der Waals surface area contributed by atoms with Gasteiger partial charge in [0, 0.05) is 27.7 Å². The maximum Gasteiger partial charge on any atom is 0.366 e. The predicted octanol–water partition coefficient (Wildman–Crippen LogP) is 1.20. The third-order valence-electron chi connectivity index (χ3n) is 8.43. The van der Waals surface area contributed by atoms with Gasteiger partial charge in [0.2, 0.25) is 5.91 Å². The van der Waals surface area contributed by atoms with E-state index < -0.39 is 97.5 Å². The van der Waals surface area contributed by atoms with Crippen LogP contribution in [-0.4, -0.2) is 131 Å². The number of terminal acetylenes is 1. The quantitative estimate of drug-likeness (QED) is 0.0736. The van der Waals surface area contributed by atoms with Gasteiger partial charge >= 0.3 is 29.8 Å². The lowest BCUT2D eigenvalue weighted by Gasteiger charge is -2.48. The summed E-state index contributed by atoms with van der Waals surface area (Å²) in [6, 6.07) is 15.3. The van der Waals surface area contributed by atoms with E-state index in [1.807, 2.05) is 42.5 Å². The molecule has 320 valence electrons. The van der Waals surface area contributed by atoms with Crippen molar-refractivity contribution in [3.05, 3.63) is 60.2 Å². The average molecular weight is 827 g/mol. The molecule has 0 aromatic heterocycles. The molecule has 18 heteroatoms. The van der Waals surface area contributed by atoms with Crippen molar-refractivity contribution in [1.82, 2.24) is 10.6 Å². The van der Waals surface area contributed by atoms with Crippen molar-refractivity contribution in [2.45, 2.75) is 76.8 Å². The normalized spacial score (nSPS) is 19.4. The van der Waals surface area contributed by atoms with Gasteiger partial charge in [-0.05, 0) is 16.7 Å². The van der Waals surface area contributed by atoms with E-state index in [0.29, 0.717) is 5.56 Å². The number of hydrogen-bond donors (Lipinski definition) is 2. The maximum absolute atomic E-state index is 13.6. The van der Waals surface area contributed by atoms with Crippen molar-refractivity contribution in [1.29, 1.82) is 0 Å². The summed E-state index contributed by atoms with van der Waals surface area (Å²) in [4.78, 5) is 89.6. The van der Waals surface area contributed by atoms with Crippen LogP contribution in [0.3, 0.4) is 0 Å². The minimum absolute atomic E-state index is 0.0702. The lowest BCUT2D eigenvalue weighted by Crippen LogP contribution is -2.70. The number of hydrogen-bond acceptors (Lipinski definition) is 16. The molecule has 1 fully saturated rings. The zero-order valence-electron chi connectivity index (χ0n) is 33.6. The number of amides is 2. The highest BCUT2D eigenvalue weighted by Crippen LogP contribution is 2.37. The number of carbonyl (C=O) groups is 7. The summed E-state index contributed by atoms with van der Waals surface area (Å²) in [6.07, 6.45) is -2.10. The molecule has 0 radical (unpaired) electrons. The van der Waals surface area contributed by atoms with Crippen LogP contribution in [0.1, 0.15) is 39.7 Å². The van der Waals surface area contributed by atoms with Crippen LogP contribution in [0.4, 0.5) is 0 Å². The molecule has 2 aromatic rings. The van der Waals surface area contributed by atoms with Crippen molar-refractivity contribution in [3.8, 4) is 23.5 Å². The first kappa shape index (κ1) is 47.5. The van der Waals surface area contributed by atoms with Gasteiger partial charge in [-0.15, -0.1) is 6.42 Å². The highest BCUT2D eigenvalue weighted by molar-refractivity contribution is 5.81. The summed E-state index contributed by atoms with van der Waals surface area (Å²) < 4.78 is 49.8. The molecule has 0 saturated carbocycles. The number of esters is 5. The van der Waals surface area contributed by atoms with Crippen molar-refractivity contribution in [2.24, 2.45) is 0 Å². The Kier molecular flexibility index (Phi) is 19.4. The number of ether oxygens (including phenoxy) is 9. The molecule has 0 spiro atoms. The Bertz CT molecular complexity index is 1800. The van der Waals surface area contributed by atoms with Gasteiger partial charge in [0.15, 0.2) is 18.8 Å². The van der Waals surface area contributed by atoms with Crippen LogP contribution in [0.15, 0.2) is 54.6 Å². The van der Waals surface area contributed by atoms with E-state index in [4.69, 9.17) is 49.1 Å². The summed E-state index contributed by atoms with van der Waals surface area (Å²) >= 11 is 0. The Balaban J connectivity index is 2.02. The SMILES string of the molecule is C#CCOCCOCCO[C@]1(C(=O)OC)C[C@H](OC(C)=O)[C@@H](NC(=O)COC(C)=O)[C@H]([C@H](OC(C)=O)[C@@H](CNC(=O)Cc2cccc(-c3ccccc3)c2)OC(C)=O)O1. The Morgan fingerprint density at radius 3 is 2.15 bits per heavy atom. The molecule has 1 aliphatic heterocycles. The zero-order chi connectivity index (χ0) is 43.4. The van der Waals surface area contributed by atoms with E-state index in [2.05, 4.69) is 16.6 Å². The molecule has 2 N–H and O–H groups in total. The first-order valence-electron chi connectivity index (χ1n) is 18.5. The average Bonchev–Trinajstić information content (AvgIpc) is 3.19. The van der Waals surface area contributed by atoms with Gasteiger partial charge in [0.1, 0.15) is 18.8 Å². The topological polar surface area (TPSA) is 227 Å². The monoisotopic (exact) mass is 826 g/mol. The minimum Gasteiger partial charge on any atom is -0.465 e. The highest BCUT2D eigenvalue weighted by atomic mass is 16.7. The summed E-state index contributed by atoms with van der Waals surface area (Å²) in [5.41, 5.74) is 2.47. The van der Waals surface area contributed by atoms with Crippen molar-refractivity contribution in [3.63, 3.8) is 0 Å². The Hall–Kier alpha value is -5.87. The van der Waals surface area contributed by atoms with Crippen molar-refractivity contribution < 1.29 is 76.2 Å². The molecule has 59 heavy (non-hydrogen) atoms. The van der Waals surface area contributed by atoms with Crippen LogP contribution in [0.25, 0.3) is 11.1 Å². The van der Waals surface area contributed by atoms with Gasteiger partial charge in [-0.2, -0.15) is 0 Å². The second-order valence-corrected chi connectivity index (χ2v) is 13.0. The molecular formula is C41H50N2O16. The van der Waals surface area contributed by atoms with E-state index >= 15 is 0 Å². The van der Waals surface area contributed by atoms with Crippen molar-refractivity contribution in [2.75, 3.05) is 53.3 Å². The van der Waals surface area contributed by atoms with Crippen molar-refractivity contribution >= 4 is 41.7 Å². The molecule has 2 aromatic carbocycles. The number of rotatable bonds is 22. The Morgan fingerprint density at radius 1 is 0.831 bits per heavy atom. The molecule has 1 saturated heterocycles. The molecule has 6 atom stereocenters. The van der Waals surface area contributed by atoms with E-state index in [-0.39, 0.29) is 39.5 Å². The predicted molar refractivity (Wildman–Crippen MR) is 204 cm³/mol. The summed E-state index contributed by atoms with van der Waals surface area (Å²) in [5.74, 6) is -6.13. The molecule has 0 aliphatic carbocycles. The maximum atomic E-state index is 13.6. The van der Waals surface area contributed by atoms with Crippen LogP contribution in [0, 0.1) is 12.3 Å². The highest BCUT2D eigenvalue weighted by Gasteiger charge is 2.59. The molecule has 2 amide bonds. The number of carbonyl (C=O) groups excluding carboxylic acids is 7. The van der Waals surface area contributed by atoms with Crippen LogP contribution in [-0.2, 0) is 82.6 Å². The fourth-order valence-electron chi connectivity index (χ4n) is 6.11. The standard InChI is InChI=1S/C41H50N2O16/c1-7-16-52-17-18-53-19-20-55-41(40(50)51-6)23-33(56-27(3)45)37(43-36(49)25-54-26(2)44)39(59-41)38(58-29(5)47)34(57-28(4)46)24-42-35(48)22-30-12-11-15-32(21-30)31-13-9-8-10-14-31/h1,8-15,21,33-34,37-39H,16-20,22-25H2,2-6H3,(H,42,48)(H,43,49)/t33-,34+,37+,38+,39+,41+/m0/s1. The molecule has 0 unspecified atom stereocenters. The van der Waals surface area contributed by atoms with Gasteiger partial charge in [0.05, 0.1) is 59.0 Å². The third kappa shape index (κ3) is 15.8. The van der Waals surface area contributed by atoms with Crippen LogP contribution in [0.2, 0.25) is 0 Å². The molecule has 18 nitrogen and oxygen atoms in total. The second kappa shape index (κ2) is 24.1.